The van der Waals surface area contributed by atoms with Crippen molar-refractivity contribution in [1.29, 1.82) is 0 Å². The molecule has 0 saturated heterocycles. The van der Waals surface area contributed by atoms with E-state index in [9.17, 15) is 14.4 Å². The molecule has 0 atom stereocenters. The zero-order valence-corrected chi connectivity index (χ0v) is 27.1. The van der Waals surface area contributed by atoms with Crippen molar-refractivity contribution >= 4 is 40.9 Å². The molecule has 1 saturated carbocycles. The summed E-state index contributed by atoms with van der Waals surface area (Å²) in [5.41, 5.74) is 15.0. The summed E-state index contributed by atoms with van der Waals surface area (Å²) < 4.78 is 5.78. The monoisotopic (exact) mass is 631 g/mol. The van der Waals surface area contributed by atoms with E-state index in [4.69, 9.17) is 16.2 Å². The van der Waals surface area contributed by atoms with Gasteiger partial charge in [-0.3, -0.25) is 14.6 Å². The van der Waals surface area contributed by atoms with E-state index < -0.39 is 5.91 Å². The van der Waals surface area contributed by atoms with E-state index >= 15 is 0 Å². The molecule has 0 spiro atoms. The smallest absolute Gasteiger partial charge is 0.269 e. The minimum Gasteiger partial charge on any atom is -0.494 e. The highest BCUT2D eigenvalue weighted by Gasteiger charge is 2.29. The maximum atomic E-state index is 12.4. The quantitative estimate of drug-likeness (QED) is 0.110. The minimum absolute atomic E-state index is 0.0397. The Hall–Kier alpha value is -4.93. The van der Waals surface area contributed by atoms with Crippen molar-refractivity contribution in [3.63, 3.8) is 0 Å². The number of anilines is 1. The van der Waals surface area contributed by atoms with Gasteiger partial charge in [0.1, 0.15) is 23.0 Å². The number of methoxy groups -OCH3 is 1. The molecule has 11 nitrogen and oxygen atoms in total. The molecule has 2 amide bonds. The van der Waals surface area contributed by atoms with Gasteiger partial charge in [-0.05, 0) is 43.7 Å². The molecule has 1 aromatic heterocycles. The van der Waals surface area contributed by atoms with Gasteiger partial charge >= 0.3 is 0 Å². The third-order valence-electron chi connectivity index (χ3n) is 6.74. The average molecular weight is 632 g/mol. The van der Waals surface area contributed by atoms with Crippen LogP contribution in [-0.4, -0.2) is 55.4 Å². The molecule has 45 heavy (non-hydrogen) atoms. The number of thioether (sulfide) groups is 1. The summed E-state index contributed by atoms with van der Waals surface area (Å²) in [6, 6.07) is 9.01. The maximum Gasteiger partial charge on any atom is 0.269 e. The van der Waals surface area contributed by atoms with E-state index in [-0.39, 0.29) is 29.0 Å². The van der Waals surface area contributed by atoms with E-state index in [1.165, 1.54) is 20.2 Å². The Morgan fingerprint density at radius 1 is 1.22 bits per heavy atom. The Balaban J connectivity index is 1.91. The summed E-state index contributed by atoms with van der Waals surface area (Å²) in [6.45, 7) is 4.57. The van der Waals surface area contributed by atoms with Crippen molar-refractivity contribution in [3.8, 4) is 16.9 Å². The zero-order valence-electron chi connectivity index (χ0n) is 26.3. The molecule has 12 heteroatoms. The minimum atomic E-state index is -0.535. The summed E-state index contributed by atoms with van der Waals surface area (Å²) >= 11 is 1.61. The summed E-state index contributed by atoms with van der Waals surface area (Å²) in [5.74, 6) is 1.76. The van der Waals surface area contributed by atoms with Gasteiger partial charge in [-0.25, -0.2) is 4.79 Å². The number of likely N-dealkylation sites (N-methyl/N-ethyl adjacent to an activating group) is 2. The molecule has 1 aromatic carbocycles. The molecular formula is C33H41N7O4S. The van der Waals surface area contributed by atoms with Crippen LogP contribution in [0.5, 0.6) is 5.75 Å². The fourth-order valence-corrected chi connectivity index (χ4v) is 5.15. The van der Waals surface area contributed by atoms with Gasteiger partial charge < -0.3 is 37.1 Å². The zero-order chi connectivity index (χ0) is 32.9. The van der Waals surface area contributed by atoms with Gasteiger partial charge in [0.25, 0.3) is 5.91 Å². The van der Waals surface area contributed by atoms with E-state index in [0.717, 1.165) is 29.7 Å². The first-order valence-electron chi connectivity index (χ1n) is 14.5. The first-order chi connectivity index (χ1) is 21.7. The van der Waals surface area contributed by atoms with Crippen molar-refractivity contribution in [2.75, 3.05) is 33.1 Å². The van der Waals surface area contributed by atoms with Crippen molar-refractivity contribution in [3.05, 3.63) is 88.0 Å². The number of carbonyl (C=O) groups excluding carboxylic acids is 3. The van der Waals surface area contributed by atoms with Gasteiger partial charge in [0.05, 0.1) is 24.2 Å². The summed E-state index contributed by atoms with van der Waals surface area (Å²) in [7, 11) is 4.81. The van der Waals surface area contributed by atoms with Crippen LogP contribution in [0, 0.1) is 5.92 Å². The predicted octanol–water partition coefficient (Wildman–Crippen LogP) is 4.08. The Labute approximate surface area is 268 Å². The molecule has 238 valence electrons. The lowest BCUT2D eigenvalue weighted by Gasteiger charge is -2.21. The molecule has 3 rings (SSSR count). The number of pyridine rings is 1. The van der Waals surface area contributed by atoms with Gasteiger partial charge in [-0.15, -0.1) is 11.8 Å². The lowest BCUT2D eigenvalue weighted by atomic mass is 10.0. The van der Waals surface area contributed by atoms with Crippen molar-refractivity contribution in [2.24, 2.45) is 17.4 Å². The first-order valence-corrected chi connectivity index (χ1v) is 15.4. The number of amides is 2. The number of allylic oxidation sites excluding steroid dienone is 3. The molecular weight excluding hydrogens is 590 g/mol. The number of hydrogen-bond donors (Lipinski definition) is 5. The number of ether oxygens (including phenoxy) is 1. The molecule has 1 fully saturated rings. The number of nitrogens with one attached hydrogen (secondary N) is 3. The first kappa shape index (κ1) is 34.6. The summed E-state index contributed by atoms with van der Waals surface area (Å²) in [4.78, 5) is 44.2. The van der Waals surface area contributed by atoms with Gasteiger partial charge in [0, 0.05) is 54.9 Å². The molecule has 2 aromatic rings. The standard InChI is InChI=1S/C33H41N7O4S/c1-6-9-23(45-16-7-2)19-40(4)28(20-41)25-15-14-22(18-37-25)24-10-8-11-26(31(24)44-5)38-27(30(35)33(43)36-3)17-29(34)39-32(42)21-12-13-21/h7-11,14-18,21,38H,6,12-13,19,34-35H2,1-5H3,(H,36,43)(H,39,42)/b16-7-,23-9+,29-17+,30-27+. The van der Waals surface area contributed by atoms with Crippen LogP contribution in [0.4, 0.5) is 5.69 Å². The lowest BCUT2D eigenvalue weighted by Crippen LogP contribution is -2.31. The molecule has 0 unspecified atom stereocenters. The Morgan fingerprint density at radius 3 is 2.56 bits per heavy atom. The van der Waals surface area contributed by atoms with Crippen LogP contribution in [0.2, 0.25) is 0 Å². The van der Waals surface area contributed by atoms with Gasteiger partial charge in [0.2, 0.25) is 5.91 Å². The molecule has 1 aliphatic rings. The van der Waals surface area contributed by atoms with Crippen molar-refractivity contribution in [1.82, 2.24) is 20.5 Å². The predicted molar refractivity (Wildman–Crippen MR) is 181 cm³/mol. The Bertz CT molecular complexity index is 1550. The number of nitrogens with zero attached hydrogens (tertiary/aromatic N) is 2. The number of aromatic nitrogens is 1. The fourth-order valence-electron chi connectivity index (χ4n) is 4.31. The largest absolute Gasteiger partial charge is 0.494 e. The Morgan fingerprint density at radius 2 is 1.98 bits per heavy atom. The van der Waals surface area contributed by atoms with Crippen LogP contribution in [0.1, 0.15) is 38.8 Å². The lowest BCUT2D eigenvalue weighted by molar-refractivity contribution is -0.121. The number of nitrogens with two attached hydrogens (primary N) is 2. The van der Waals surface area contributed by atoms with Crippen LogP contribution in [0.25, 0.3) is 16.8 Å². The average Bonchev–Trinajstić information content (AvgIpc) is 3.89. The van der Waals surface area contributed by atoms with Crippen LogP contribution < -0.4 is 32.2 Å². The molecule has 1 aliphatic carbocycles. The van der Waals surface area contributed by atoms with Gasteiger partial charge in [0.15, 0.2) is 5.94 Å². The molecule has 0 bridgehead atoms. The number of carbonyl (C=O) groups is 2. The topological polar surface area (TPSA) is 165 Å². The highest BCUT2D eigenvalue weighted by Crippen LogP contribution is 2.37. The third-order valence-corrected chi connectivity index (χ3v) is 7.75. The highest BCUT2D eigenvalue weighted by molar-refractivity contribution is 8.05. The summed E-state index contributed by atoms with van der Waals surface area (Å²) in [6.07, 6.45) is 9.67. The molecule has 1 heterocycles. The molecule has 7 N–H and O–H groups in total. The second-order valence-electron chi connectivity index (χ2n) is 10.2. The normalized spacial score (nSPS) is 13.9. The third kappa shape index (κ3) is 9.53. The molecule has 0 aliphatic heterocycles. The second kappa shape index (κ2) is 16.8. The number of rotatable bonds is 15. The van der Waals surface area contributed by atoms with Gasteiger partial charge in [-0.1, -0.05) is 37.3 Å². The van der Waals surface area contributed by atoms with E-state index in [2.05, 4.69) is 33.9 Å². The second-order valence-corrected chi connectivity index (χ2v) is 11.2. The molecule has 0 radical (unpaired) electrons. The van der Waals surface area contributed by atoms with Crippen LogP contribution in [0.15, 0.2) is 82.3 Å². The fraction of sp³-hybridized carbons (Fsp3) is 0.303. The van der Waals surface area contributed by atoms with Gasteiger partial charge in [-0.2, -0.15) is 0 Å². The van der Waals surface area contributed by atoms with Crippen molar-refractivity contribution in [2.45, 2.75) is 33.1 Å². The summed E-state index contributed by atoms with van der Waals surface area (Å²) in [5, 5.41) is 10.3. The SMILES string of the molecule is C/C=C\S/C(=C/CC)CN(C)C(=C=O)c1ccc(-c2cccc(NC(/C=C(\N)NC(=O)C3CC3)=C(/N)C(=O)NC)c2OC)cn1. The van der Waals surface area contributed by atoms with Crippen LogP contribution >= 0.6 is 11.8 Å². The van der Waals surface area contributed by atoms with E-state index in [1.807, 2.05) is 48.4 Å². The Kier molecular flexibility index (Phi) is 12.9. The van der Waals surface area contributed by atoms with E-state index in [1.54, 1.807) is 36.2 Å². The number of para-hydroxylation sites is 1. The van der Waals surface area contributed by atoms with Crippen molar-refractivity contribution < 1.29 is 19.1 Å². The number of benzene rings is 1. The van der Waals surface area contributed by atoms with Crippen LogP contribution in [-0.2, 0) is 14.4 Å². The maximum absolute atomic E-state index is 12.4. The number of hydrogen-bond acceptors (Lipinski definition) is 10. The highest BCUT2D eigenvalue weighted by atomic mass is 32.2. The van der Waals surface area contributed by atoms with Crippen LogP contribution in [0.3, 0.4) is 0 Å². The van der Waals surface area contributed by atoms with E-state index in [0.29, 0.717) is 34.9 Å².